The molecule has 0 saturated heterocycles. The van der Waals surface area contributed by atoms with Crippen LogP contribution in [0.3, 0.4) is 0 Å². The molecule has 1 N–H and O–H groups in total. The van der Waals surface area contributed by atoms with E-state index >= 15 is 0 Å². The Balaban J connectivity index is 1.50. The monoisotopic (exact) mass is 453 g/mol. The molecule has 1 unspecified atom stereocenters. The summed E-state index contributed by atoms with van der Waals surface area (Å²) in [7, 11) is 1.96. The molecule has 3 heterocycles. The first kappa shape index (κ1) is 21.1. The summed E-state index contributed by atoms with van der Waals surface area (Å²) in [6, 6.07) is 15.7. The van der Waals surface area contributed by atoms with Gasteiger partial charge < -0.3 is 14.6 Å². The molecule has 0 spiro atoms. The van der Waals surface area contributed by atoms with Gasteiger partial charge in [-0.05, 0) is 72.7 Å². The Hall–Kier alpha value is -3.76. The van der Waals surface area contributed by atoms with Crippen LogP contribution in [0, 0.1) is 25.2 Å². The second-order valence-electron chi connectivity index (χ2n) is 8.15. The summed E-state index contributed by atoms with van der Waals surface area (Å²) < 4.78 is 8.42. The summed E-state index contributed by atoms with van der Waals surface area (Å²) >= 11 is 1.86. The topological polar surface area (TPSA) is 75.8 Å². The minimum atomic E-state index is 0.439. The Morgan fingerprint density at radius 2 is 1.88 bits per heavy atom. The van der Waals surface area contributed by atoms with Crippen LogP contribution in [0.15, 0.2) is 60.1 Å². The van der Waals surface area contributed by atoms with E-state index in [2.05, 4.69) is 53.8 Å². The van der Waals surface area contributed by atoms with Gasteiger partial charge in [0.15, 0.2) is 0 Å². The van der Waals surface area contributed by atoms with E-state index in [-0.39, 0.29) is 0 Å². The van der Waals surface area contributed by atoms with Crippen LogP contribution in [0.1, 0.15) is 33.9 Å². The lowest BCUT2D eigenvalue weighted by Crippen LogP contribution is -2.03. The van der Waals surface area contributed by atoms with E-state index in [4.69, 9.17) is 15.0 Å². The highest BCUT2D eigenvalue weighted by atomic mass is 32.2. The maximum Gasteiger partial charge on any atom is 0.249 e. The van der Waals surface area contributed by atoms with Gasteiger partial charge >= 0.3 is 0 Å². The smallest absolute Gasteiger partial charge is 0.249 e. The third-order valence-corrected chi connectivity index (χ3v) is 6.84. The van der Waals surface area contributed by atoms with Crippen LogP contribution in [-0.2, 0) is 7.05 Å². The second-order valence-corrected chi connectivity index (χ2v) is 9.26. The van der Waals surface area contributed by atoms with Gasteiger partial charge in [-0.3, -0.25) is 0 Å². The number of aryl methyl sites for hydroxylation is 3. The third-order valence-electron chi connectivity index (χ3n) is 5.70. The molecule has 33 heavy (non-hydrogen) atoms. The Labute approximate surface area is 196 Å². The summed E-state index contributed by atoms with van der Waals surface area (Å²) in [6.45, 7) is 4.16. The lowest BCUT2D eigenvalue weighted by Gasteiger charge is -2.17. The Kier molecular flexibility index (Phi) is 5.53. The zero-order valence-corrected chi connectivity index (χ0v) is 19.5. The van der Waals surface area contributed by atoms with Gasteiger partial charge in [-0.25, -0.2) is 4.98 Å². The molecule has 1 atom stereocenters. The van der Waals surface area contributed by atoms with E-state index in [0.717, 1.165) is 40.0 Å². The number of benzene rings is 2. The lowest BCUT2D eigenvalue weighted by molar-refractivity contribution is 0.459. The molecule has 164 valence electrons. The summed E-state index contributed by atoms with van der Waals surface area (Å²) in [6.07, 6.45) is 5.23. The third kappa shape index (κ3) is 4.18. The molecule has 6 nitrogen and oxygen atoms in total. The van der Waals surface area contributed by atoms with Crippen LogP contribution < -0.4 is 10.1 Å². The number of nitrogens with one attached hydrogen (secondary N) is 1. The highest BCUT2D eigenvalue weighted by molar-refractivity contribution is 8.02. The first-order valence-electron chi connectivity index (χ1n) is 10.7. The fraction of sp³-hybridized carbons (Fsp3) is 0.192. The van der Waals surface area contributed by atoms with E-state index in [1.54, 1.807) is 12.1 Å². The molecular formula is C26H23N5OS. The predicted octanol–water partition coefficient (Wildman–Crippen LogP) is 6.68. The van der Waals surface area contributed by atoms with Crippen LogP contribution in [0.25, 0.3) is 11.0 Å². The molecule has 4 aromatic rings. The number of aromatic nitrogens is 3. The van der Waals surface area contributed by atoms with Gasteiger partial charge in [0.25, 0.3) is 0 Å². The number of nitriles is 1. The van der Waals surface area contributed by atoms with Gasteiger partial charge in [0.05, 0.1) is 17.1 Å². The molecule has 1 aliphatic rings. The van der Waals surface area contributed by atoms with Crippen molar-refractivity contribution in [1.29, 1.82) is 5.26 Å². The number of hydrogen-bond acceptors (Lipinski definition) is 6. The number of ether oxygens (including phenoxy) is 1. The molecule has 0 amide bonds. The molecule has 0 saturated carbocycles. The quantitative estimate of drug-likeness (QED) is 0.363. The van der Waals surface area contributed by atoms with Crippen LogP contribution in [-0.4, -0.2) is 14.5 Å². The van der Waals surface area contributed by atoms with Crippen LogP contribution in [0.2, 0.25) is 0 Å². The van der Waals surface area contributed by atoms with Crippen LogP contribution in [0.5, 0.6) is 11.6 Å². The Bertz CT molecular complexity index is 1380. The summed E-state index contributed by atoms with van der Waals surface area (Å²) in [5.74, 6) is 1.76. The first-order valence-corrected chi connectivity index (χ1v) is 11.7. The van der Waals surface area contributed by atoms with E-state index in [0.29, 0.717) is 22.6 Å². The van der Waals surface area contributed by atoms with Crippen molar-refractivity contribution in [2.45, 2.75) is 25.5 Å². The molecule has 7 heteroatoms. The summed E-state index contributed by atoms with van der Waals surface area (Å²) in [5.41, 5.74) is 6.51. The van der Waals surface area contributed by atoms with Crippen molar-refractivity contribution in [3.05, 3.63) is 82.4 Å². The molecule has 2 aromatic heterocycles. The van der Waals surface area contributed by atoms with E-state index < -0.39 is 0 Å². The number of nitrogens with zero attached hydrogens (tertiary/aromatic N) is 4. The van der Waals surface area contributed by atoms with Gasteiger partial charge in [-0.2, -0.15) is 10.2 Å². The van der Waals surface area contributed by atoms with Crippen molar-refractivity contribution in [1.82, 2.24) is 14.5 Å². The maximum atomic E-state index is 9.02. The molecule has 0 radical (unpaired) electrons. The second kappa shape index (κ2) is 8.64. The van der Waals surface area contributed by atoms with Crippen LogP contribution >= 0.6 is 11.8 Å². The SMILES string of the molecule is Cc1cc(C2CC=CS2)cc(C)c1Oc1nc(Nc2ccc(C#N)cc2)nc2ccn(C)c12. The first-order chi connectivity index (χ1) is 16.0. The van der Waals surface area contributed by atoms with E-state index in [1.807, 2.05) is 47.8 Å². The maximum absolute atomic E-state index is 9.02. The Morgan fingerprint density at radius 3 is 2.55 bits per heavy atom. The number of hydrogen-bond donors (Lipinski definition) is 1. The molecule has 0 fully saturated rings. The fourth-order valence-corrected chi connectivity index (χ4v) is 4.99. The van der Waals surface area contributed by atoms with Gasteiger partial charge in [0.1, 0.15) is 11.3 Å². The van der Waals surface area contributed by atoms with Crippen molar-refractivity contribution >= 4 is 34.4 Å². The largest absolute Gasteiger partial charge is 0.436 e. The van der Waals surface area contributed by atoms with Gasteiger partial charge in [0.2, 0.25) is 11.8 Å². The van der Waals surface area contributed by atoms with Gasteiger partial charge in [-0.15, -0.1) is 11.8 Å². The van der Waals surface area contributed by atoms with Crippen LogP contribution in [0.4, 0.5) is 11.6 Å². The number of anilines is 2. The number of rotatable bonds is 5. The number of allylic oxidation sites excluding steroid dienone is 1. The van der Waals surface area contributed by atoms with Crippen molar-refractivity contribution in [2.24, 2.45) is 7.05 Å². The Morgan fingerprint density at radius 1 is 1.12 bits per heavy atom. The lowest BCUT2D eigenvalue weighted by atomic mass is 10.0. The zero-order valence-electron chi connectivity index (χ0n) is 18.7. The molecule has 5 rings (SSSR count). The molecule has 0 bridgehead atoms. The number of fused-ring (bicyclic) bond motifs is 1. The standard InChI is InChI=1S/C26H23N5OS/c1-16-13-19(22-5-4-12-33-22)14-17(2)24(16)32-25-23-21(10-11-31(23)3)29-26(30-25)28-20-8-6-18(15-27)7-9-20/h4,6-14,22H,5H2,1-3H3,(H,28,29,30). The highest BCUT2D eigenvalue weighted by Crippen LogP contribution is 2.41. The average molecular weight is 454 g/mol. The van der Waals surface area contributed by atoms with Crippen molar-refractivity contribution < 1.29 is 4.74 Å². The molecule has 1 aliphatic heterocycles. The predicted molar refractivity (Wildman–Crippen MR) is 133 cm³/mol. The van der Waals surface area contributed by atoms with Gasteiger partial charge in [-0.1, -0.05) is 18.2 Å². The minimum absolute atomic E-state index is 0.439. The fourth-order valence-electron chi connectivity index (χ4n) is 4.07. The average Bonchev–Trinajstić information content (AvgIpc) is 3.47. The number of thioether (sulfide) groups is 1. The van der Waals surface area contributed by atoms with Gasteiger partial charge in [0, 0.05) is 24.2 Å². The van der Waals surface area contributed by atoms with Crippen molar-refractivity contribution in [3.63, 3.8) is 0 Å². The molecular weight excluding hydrogens is 430 g/mol. The normalized spacial score (nSPS) is 15.0. The zero-order chi connectivity index (χ0) is 22.9. The summed E-state index contributed by atoms with van der Waals surface area (Å²) in [5, 5.41) is 14.9. The molecule has 2 aromatic carbocycles. The van der Waals surface area contributed by atoms with Crippen molar-refractivity contribution in [3.8, 4) is 17.7 Å². The van der Waals surface area contributed by atoms with E-state index in [9.17, 15) is 0 Å². The van der Waals surface area contributed by atoms with Crippen molar-refractivity contribution in [2.75, 3.05) is 5.32 Å². The minimum Gasteiger partial charge on any atom is -0.436 e. The highest BCUT2D eigenvalue weighted by Gasteiger charge is 2.19. The van der Waals surface area contributed by atoms with E-state index in [1.165, 1.54) is 5.56 Å². The molecule has 0 aliphatic carbocycles. The summed E-state index contributed by atoms with van der Waals surface area (Å²) in [4.78, 5) is 9.35.